The second-order valence-electron chi connectivity index (χ2n) is 3.59. The van der Waals surface area contributed by atoms with Gasteiger partial charge >= 0.3 is 5.97 Å². The highest BCUT2D eigenvalue weighted by molar-refractivity contribution is 5.75. The minimum atomic E-state index is -0.208. The molecular formula is C11H23NO3. The van der Waals surface area contributed by atoms with Crippen molar-refractivity contribution in [2.45, 2.75) is 46.3 Å². The summed E-state index contributed by atoms with van der Waals surface area (Å²) >= 11 is 0. The summed E-state index contributed by atoms with van der Waals surface area (Å²) in [6, 6.07) is -0.208. The summed E-state index contributed by atoms with van der Waals surface area (Å²) in [5, 5.41) is 3.11. The first-order valence-electron chi connectivity index (χ1n) is 5.63. The molecule has 0 bridgehead atoms. The molecule has 0 radical (unpaired) electrons. The van der Waals surface area contributed by atoms with E-state index in [2.05, 4.69) is 5.32 Å². The highest BCUT2D eigenvalue weighted by Gasteiger charge is 2.15. The van der Waals surface area contributed by atoms with E-state index in [9.17, 15) is 4.79 Å². The van der Waals surface area contributed by atoms with Crippen LogP contribution < -0.4 is 5.32 Å². The molecule has 4 heteroatoms. The maximum atomic E-state index is 11.4. The van der Waals surface area contributed by atoms with Gasteiger partial charge in [-0.05, 0) is 27.2 Å². The van der Waals surface area contributed by atoms with Crippen LogP contribution in [0.1, 0.15) is 34.1 Å². The van der Waals surface area contributed by atoms with Crippen LogP contribution >= 0.6 is 0 Å². The average molecular weight is 217 g/mol. The fourth-order valence-electron chi connectivity index (χ4n) is 1.16. The van der Waals surface area contributed by atoms with Gasteiger partial charge in [0.25, 0.3) is 0 Å². The molecule has 0 aliphatic heterocycles. The van der Waals surface area contributed by atoms with Crippen LogP contribution in [0.25, 0.3) is 0 Å². The fourth-order valence-corrected chi connectivity index (χ4v) is 1.16. The number of ether oxygens (including phenoxy) is 2. The van der Waals surface area contributed by atoms with E-state index in [0.29, 0.717) is 19.8 Å². The van der Waals surface area contributed by atoms with Crippen LogP contribution in [0.4, 0.5) is 0 Å². The second-order valence-corrected chi connectivity index (χ2v) is 3.59. The molecule has 0 aromatic carbocycles. The first kappa shape index (κ1) is 14.4. The highest BCUT2D eigenvalue weighted by atomic mass is 16.5. The van der Waals surface area contributed by atoms with Crippen molar-refractivity contribution in [3.63, 3.8) is 0 Å². The highest BCUT2D eigenvalue weighted by Crippen LogP contribution is 1.95. The van der Waals surface area contributed by atoms with Gasteiger partial charge in [-0.3, -0.25) is 4.79 Å². The molecule has 0 spiro atoms. The van der Waals surface area contributed by atoms with Crippen molar-refractivity contribution in [3.05, 3.63) is 0 Å². The summed E-state index contributed by atoms with van der Waals surface area (Å²) in [5.41, 5.74) is 0. The molecule has 1 unspecified atom stereocenters. The first-order valence-corrected chi connectivity index (χ1v) is 5.63. The van der Waals surface area contributed by atoms with Crippen LogP contribution in [0, 0.1) is 0 Å². The van der Waals surface area contributed by atoms with E-state index < -0.39 is 0 Å². The molecule has 0 aliphatic carbocycles. The Morgan fingerprint density at radius 1 is 1.33 bits per heavy atom. The van der Waals surface area contributed by atoms with Gasteiger partial charge in [-0.25, -0.2) is 0 Å². The van der Waals surface area contributed by atoms with Crippen molar-refractivity contribution in [1.82, 2.24) is 5.32 Å². The van der Waals surface area contributed by atoms with Crippen molar-refractivity contribution in [1.29, 1.82) is 0 Å². The van der Waals surface area contributed by atoms with Gasteiger partial charge in [0, 0.05) is 6.54 Å². The van der Waals surface area contributed by atoms with Crippen molar-refractivity contribution < 1.29 is 14.3 Å². The molecule has 90 valence electrons. The molecule has 0 aromatic rings. The molecule has 1 N–H and O–H groups in total. The summed E-state index contributed by atoms with van der Waals surface area (Å²) in [6.07, 6.45) is 0.968. The Morgan fingerprint density at radius 3 is 2.47 bits per heavy atom. The van der Waals surface area contributed by atoms with E-state index in [1.165, 1.54) is 0 Å². The molecule has 0 saturated heterocycles. The van der Waals surface area contributed by atoms with Crippen molar-refractivity contribution in [3.8, 4) is 0 Å². The Bertz CT molecular complexity index is 171. The average Bonchev–Trinajstić information content (AvgIpc) is 2.17. The van der Waals surface area contributed by atoms with Gasteiger partial charge in [-0.15, -0.1) is 0 Å². The standard InChI is InChI=1S/C11H23NO3/c1-5-10(11(13)14-6-2)12-7-8-15-9(3)4/h9-10,12H,5-8H2,1-4H3. The molecule has 0 amide bonds. The van der Waals surface area contributed by atoms with Crippen LogP contribution in [0.15, 0.2) is 0 Å². The summed E-state index contributed by atoms with van der Waals surface area (Å²) < 4.78 is 10.3. The van der Waals surface area contributed by atoms with Crippen LogP contribution in [-0.4, -0.2) is 37.9 Å². The number of nitrogens with one attached hydrogen (secondary N) is 1. The second kappa shape index (κ2) is 8.68. The number of esters is 1. The largest absolute Gasteiger partial charge is 0.465 e. The van der Waals surface area contributed by atoms with Crippen LogP contribution in [0.2, 0.25) is 0 Å². The molecule has 0 heterocycles. The molecular weight excluding hydrogens is 194 g/mol. The fraction of sp³-hybridized carbons (Fsp3) is 0.909. The number of rotatable bonds is 8. The van der Waals surface area contributed by atoms with E-state index in [1.807, 2.05) is 27.7 Å². The van der Waals surface area contributed by atoms with E-state index >= 15 is 0 Å². The van der Waals surface area contributed by atoms with Gasteiger partial charge in [0.1, 0.15) is 6.04 Å². The number of carbonyl (C=O) groups excluding carboxylic acids is 1. The monoisotopic (exact) mass is 217 g/mol. The number of carbonyl (C=O) groups is 1. The topological polar surface area (TPSA) is 47.6 Å². The lowest BCUT2D eigenvalue weighted by Crippen LogP contribution is -2.39. The van der Waals surface area contributed by atoms with Gasteiger partial charge in [0.15, 0.2) is 0 Å². The maximum absolute atomic E-state index is 11.4. The molecule has 4 nitrogen and oxygen atoms in total. The van der Waals surface area contributed by atoms with E-state index in [0.717, 1.165) is 6.42 Å². The summed E-state index contributed by atoms with van der Waals surface area (Å²) in [7, 11) is 0. The lowest BCUT2D eigenvalue weighted by molar-refractivity contribution is -0.145. The van der Waals surface area contributed by atoms with Crippen molar-refractivity contribution in [2.75, 3.05) is 19.8 Å². The van der Waals surface area contributed by atoms with Crippen molar-refractivity contribution >= 4 is 5.97 Å². The Morgan fingerprint density at radius 2 is 2.00 bits per heavy atom. The molecule has 0 saturated carbocycles. The lowest BCUT2D eigenvalue weighted by atomic mass is 10.2. The third-order valence-electron chi connectivity index (χ3n) is 1.92. The Balaban J connectivity index is 3.65. The molecule has 0 aliphatic rings. The molecule has 0 fully saturated rings. The number of hydrogen-bond donors (Lipinski definition) is 1. The smallest absolute Gasteiger partial charge is 0.323 e. The van der Waals surface area contributed by atoms with Gasteiger partial charge in [0.05, 0.1) is 19.3 Å². The Labute approximate surface area is 92.3 Å². The van der Waals surface area contributed by atoms with Gasteiger partial charge < -0.3 is 14.8 Å². The predicted octanol–water partition coefficient (Wildman–Crippen LogP) is 1.34. The molecule has 1 atom stereocenters. The third kappa shape index (κ3) is 7.33. The van der Waals surface area contributed by atoms with Gasteiger partial charge in [0.2, 0.25) is 0 Å². The Hall–Kier alpha value is -0.610. The zero-order valence-electron chi connectivity index (χ0n) is 10.2. The van der Waals surface area contributed by atoms with Crippen molar-refractivity contribution in [2.24, 2.45) is 0 Å². The van der Waals surface area contributed by atoms with E-state index in [4.69, 9.17) is 9.47 Å². The third-order valence-corrected chi connectivity index (χ3v) is 1.92. The predicted molar refractivity (Wildman–Crippen MR) is 59.8 cm³/mol. The molecule has 0 rings (SSSR count). The SMILES string of the molecule is CCOC(=O)C(CC)NCCOC(C)C. The van der Waals surface area contributed by atoms with Crippen LogP contribution in [0.5, 0.6) is 0 Å². The maximum Gasteiger partial charge on any atom is 0.323 e. The minimum Gasteiger partial charge on any atom is -0.465 e. The first-order chi connectivity index (χ1) is 7.11. The summed E-state index contributed by atoms with van der Waals surface area (Å²) in [4.78, 5) is 11.4. The van der Waals surface area contributed by atoms with Gasteiger partial charge in [-0.1, -0.05) is 6.92 Å². The van der Waals surface area contributed by atoms with E-state index in [-0.39, 0.29) is 18.1 Å². The van der Waals surface area contributed by atoms with E-state index in [1.54, 1.807) is 0 Å². The summed E-state index contributed by atoms with van der Waals surface area (Å²) in [5.74, 6) is -0.176. The zero-order valence-corrected chi connectivity index (χ0v) is 10.2. The summed E-state index contributed by atoms with van der Waals surface area (Å²) in [6.45, 7) is 9.47. The Kier molecular flexibility index (Phi) is 8.33. The van der Waals surface area contributed by atoms with Crippen LogP contribution in [-0.2, 0) is 14.3 Å². The minimum absolute atomic E-state index is 0.176. The lowest BCUT2D eigenvalue weighted by Gasteiger charge is -2.15. The number of hydrogen-bond acceptors (Lipinski definition) is 4. The quantitative estimate of drug-likeness (QED) is 0.492. The normalized spacial score (nSPS) is 12.9. The zero-order chi connectivity index (χ0) is 11.7. The van der Waals surface area contributed by atoms with Gasteiger partial charge in [-0.2, -0.15) is 0 Å². The van der Waals surface area contributed by atoms with Crippen LogP contribution in [0.3, 0.4) is 0 Å². The molecule has 0 aromatic heterocycles. The molecule has 15 heavy (non-hydrogen) atoms.